The van der Waals surface area contributed by atoms with Crippen LogP contribution in [0, 0.1) is 23.3 Å². The van der Waals surface area contributed by atoms with Crippen molar-refractivity contribution in [2.75, 3.05) is 70.7 Å². The van der Waals surface area contributed by atoms with Crippen molar-refractivity contribution >= 4 is 37.2 Å². The van der Waals surface area contributed by atoms with E-state index in [1.54, 1.807) is 0 Å². The highest BCUT2D eigenvalue weighted by atomic mass is 32.2. The Hall–Kier alpha value is -4.88. The molecule has 0 unspecified atom stereocenters. The maximum atomic E-state index is 13.6. The second kappa shape index (κ2) is 18.9. The van der Waals surface area contributed by atoms with E-state index in [1.807, 2.05) is 0 Å². The van der Waals surface area contributed by atoms with Gasteiger partial charge in [0.05, 0.1) is 65.7 Å². The number of hydrogen-bond acceptors (Lipinski definition) is 17. The minimum absolute atomic E-state index is 0.00881. The van der Waals surface area contributed by atoms with Gasteiger partial charge < -0.3 is 37.8 Å². The second-order valence-corrected chi connectivity index (χ2v) is 14.6. The van der Waals surface area contributed by atoms with Gasteiger partial charge >= 0.3 is 16.4 Å². The number of amides is 1. The van der Waals surface area contributed by atoms with Crippen LogP contribution in [0.4, 0.5) is 23.2 Å². The molecule has 0 spiro atoms. The summed E-state index contributed by atoms with van der Waals surface area (Å²) in [6, 6.07) is 4.18. The van der Waals surface area contributed by atoms with Crippen LogP contribution in [0.15, 0.2) is 43.5 Å². The summed E-state index contributed by atoms with van der Waals surface area (Å²) in [5.41, 5.74) is 0.452. The summed E-state index contributed by atoms with van der Waals surface area (Å²) in [4.78, 5) is 24.4. The molecule has 1 amide bonds. The number of ether oxygens (including phenoxy) is 5. The van der Waals surface area contributed by atoms with Crippen LogP contribution in [-0.4, -0.2) is 114 Å². The van der Waals surface area contributed by atoms with E-state index in [2.05, 4.69) is 30.4 Å². The maximum Gasteiger partial charge on any atom is 0.335 e. The fraction of sp³-hybridized carbons (Fsp3) is 0.400. The maximum absolute atomic E-state index is 13.6. The molecule has 54 heavy (non-hydrogen) atoms. The first-order valence-electron chi connectivity index (χ1n) is 15.4. The molecule has 0 aliphatic heterocycles. The summed E-state index contributed by atoms with van der Waals surface area (Å²) < 4.78 is 137. The Bertz CT molecular complexity index is 2050. The van der Waals surface area contributed by atoms with Crippen molar-refractivity contribution < 1.29 is 76.5 Å². The van der Waals surface area contributed by atoms with Crippen LogP contribution < -0.4 is 10.1 Å². The van der Waals surface area contributed by atoms with Crippen LogP contribution in [0.25, 0.3) is 22.9 Å². The fourth-order valence-electron chi connectivity index (χ4n) is 4.01. The molecular weight excluding hydrogens is 778 g/mol. The van der Waals surface area contributed by atoms with Gasteiger partial charge in [-0.05, 0) is 18.2 Å². The van der Waals surface area contributed by atoms with E-state index in [0.717, 1.165) is 12.5 Å². The molecule has 1 N–H and O–H groups in total. The van der Waals surface area contributed by atoms with Crippen LogP contribution in [-0.2, 0) is 48.2 Å². The van der Waals surface area contributed by atoms with Crippen LogP contribution in [0.1, 0.15) is 12.8 Å². The predicted molar refractivity (Wildman–Crippen MR) is 172 cm³/mol. The minimum Gasteiger partial charge on any atom is -0.420 e. The zero-order chi connectivity index (χ0) is 39.5. The van der Waals surface area contributed by atoms with Gasteiger partial charge in [-0.1, -0.05) is 10.2 Å². The van der Waals surface area contributed by atoms with Crippen molar-refractivity contribution in [2.45, 2.75) is 23.3 Å². The van der Waals surface area contributed by atoms with Gasteiger partial charge in [0, 0.05) is 35.4 Å². The van der Waals surface area contributed by atoms with Crippen molar-refractivity contribution in [3.8, 4) is 28.7 Å². The number of esters is 1. The topological polar surface area (TPSA) is 238 Å². The van der Waals surface area contributed by atoms with E-state index in [4.69, 9.17) is 27.8 Å². The number of carbonyl (C=O) groups is 2. The van der Waals surface area contributed by atoms with Gasteiger partial charge in [0.15, 0.2) is 11.6 Å². The Morgan fingerprint density at radius 1 is 0.630 bits per heavy atom. The van der Waals surface area contributed by atoms with Gasteiger partial charge in [0.25, 0.3) is 0 Å². The largest absolute Gasteiger partial charge is 0.420 e. The first-order chi connectivity index (χ1) is 25.5. The van der Waals surface area contributed by atoms with E-state index in [1.165, 1.54) is 18.2 Å². The van der Waals surface area contributed by atoms with Gasteiger partial charge in [0.2, 0.25) is 54.7 Å². The number of anilines is 1. The third-order valence-corrected chi connectivity index (χ3v) is 8.08. The number of nitrogens with zero attached hydrogens (tertiary/aromatic N) is 4. The lowest BCUT2D eigenvalue weighted by Gasteiger charge is -2.09. The smallest absolute Gasteiger partial charge is 0.335 e. The number of rotatable bonds is 21. The zero-order valence-corrected chi connectivity index (χ0v) is 29.9. The molecule has 0 atom stereocenters. The molecule has 294 valence electrons. The number of carbonyl (C=O) groups excluding carboxylic acids is 2. The van der Waals surface area contributed by atoms with Crippen LogP contribution in [0.2, 0.25) is 0 Å². The lowest BCUT2D eigenvalue weighted by Crippen LogP contribution is -2.16. The highest BCUT2D eigenvalue weighted by molar-refractivity contribution is 7.90. The third kappa shape index (κ3) is 12.3. The van der Waals surface area contributed by atoms with E-state index < -0.39 is 77.4 Å². The molecule has 4 aromatic rings. The number of hydrogen-bond donors (Lipinski definition) is 1. The molecule has 0 aliphatic carbocycles. The summed E-state index contributed by atoms with van der Waals surface area (Å²) in [6.07, 6.45) is 1.21. The van der Waals surface area contributed by atoms with E-state index in [-0.39, 0.29) is 93.9 Å². The summed E-state index contributed by atoms with van der Waals surface area (Å²) in [7, 11) is -7.66. The molecule has 18 nitrogen and oxygen atoms in total. The first kappa shape index (κ1) is 41.9. The van der Waals surface area contributed by atoms with Gasteiger partial charge in [-0.3, -0.25) is 9.59 Å². The normalized spacial score (nSPS) is 11.9. The van der Waals surface area contributed by atoms with E-state index >= 15 is 0 Å². The van der Waals surface area contributed by atoms with Gasteiger partial charge in [0.1, 0.15) is 0 Å². The van der Waals surface area contributed by atoms with Crippen LogP contribution in [0.5, 0.6) is 5.75 Å². The van der Waals surface area contributed by atoms with Crippen molar-refractivity contribution in [1.82, 2.24) is 20.4 Å². The number of aromatic nitrogens is 4. The third-order valence-electron chi connectivity index (χ3n) is 6.49. The standard InChI is InChI=1S/C30H31F4N5O13S2/c1-53(42,43)29-38-36-27(51-29)17-13-18(28-37-39-30(52-28)54(2,44)45)15-19(14-17)35-22(40)3-5-46-7-9-48-11-12-49-10-8-47-6-4-23(41)50-26-24(33)20(31)16-21(32)25(26)34/h13-16H,3-12H2,1-2H3,(H,35,40). The number of sulfone groups is 2. The summed E-state index contributed by atoms with van der Waals surface area (Å²) in [5.74, 6) is -10.7. The number of halogens is 4. The summed E-state index contributed by atoms with van der Waals surface area (Å²) >= 11 is 0. The molecular formula is C30H31F4N5O13S2. The Balaban J connectivity index is 1.11. The number of nitrogens with one attached hydrogen (secondary N) is 1. The van der Waals surface area contributed by atoms with Crippen LogP contribution >= 0.6 is 0 Å². The lowest BCUT2D eigenvalue weighted by molar-refractivity contribution is -0.136. The molecule has 0 saturated heterocycles. The Kier molecular flexibility index (Phi) is 14.7. The minimum atomic E-state index is -3.83. The quantitative estimate of drug-likeness (QED) is 0.0418. The Morgan fingerprint density at radius 2 is 1.06 bits per heavy atom. The fourth-order valence-corrected chi connectivity index (χ4v) is 4.85. The highest BCUT2D eigenvalue weighted by Crippen LogP contribution is 2.31. The van der Waals surface area contributed by atoms with E-state index in [9.17, 15) is 44.0 Å². The molecule has 2 heterocycles. The lowest BCUT2D eigenvalue weighted by atomic mass is 10.1. The molecule has 0 bridgehead atoms. The molecule has 2 aromatic heterocycles. The molecule has 2 aromatic carbocycles. The van der Waals surface area contributed by atoms with Gasteiger partial charge in [-0.15, -0.1) is 10.2 Å². The van der Waals surface area contributed by atoms with Crippen molar-refractivity contribution in [3.63, 3.8) is 0 Å². The Morgan fingerprint density at radius 3 is 1.48 bits per heavy atom. The molecule has 0 aliphatic rings. The summed E-state index contributed by atoms with van der Waals surface area (Å²) in [5, 5.41) is 15.8. The monoisotopic (exact) mass is 809 g/mol. The molecule has 0 radical (unpaired) electrons. The van der Waals surface area contributed by atoms with Gasteiger partial charge in [-0.2, -0.15) is 8.78 Å². The average Bonchev–Trinajstić information content (AvgIpc) is 3.81. The van der Waals surface area contributed by atoms with Crippen molar-refractivity contribution in [2.24, 2.45) is 0 Å². The molecule has 4 rings (SSSR count). The number of benzene rings is 2. The SMILES string of the molecule is CS(=O)(=O)c1nnc(-c2cc(NC(=O)CCOCCOCCOCCOCCC(=O)Oc3c(F)c(F)cc(F)c3F)cc(-c3nnc(S(C)(=O)=O)o3)c2)o1. The average molecular weight is 810 g/mol. The van der Waals surface area contributed by atoms with Gasteiger partial charge in [-0.25, -0.2) is 25.6 Å². The zero-order valence-electron chi connectivity index (χ0n) is 28.3. The van der Waals surface area contributed by atoms with E-state index in [0.29, 0.717) is 0 Å². The second-order valence-electron chi connectivity index (χ2n) is 10.9. The molecule has 24 heteroatoms. The first-order valence-corrected chi connectivity index (χ1v) is 19.2. The van der Waals surface area contributed by atoms with Crippen LogP contribution in [0.3, 0.4) is 0 Å². The molecule has 0 saturated carbocycles. The van der Waals surface area contributed by atoms with Crippen molar-refractivity contribution in [1.29, 1.82) is 0 Å². The molecule has 0 fully saturated rings. The van der Waals surface area contributed by atoms with Crippen molar-refractivity contribution in [3.05, 3.63) is 47.5 Å². The summed E-state index contributed by atoms with van der Waals surface area (Å²) in [6.45, 7) is 0.625. The Labute approximate surface area is 303 Å². The predicted octanol–water partition coefficient (Wildman–Crippen LogP) is 2.54. The highest BCUT2D eigenvalue weighted by Gasteiger charge is 2.24.